The minimum Gasteiger partial charge on any atom is -0.356 e. The molecule has 2 rings (SSSR count). The van der Waals surface area contributed by atoms with Crippen molar-refractivity contribution in [2.24, 2.45) is 10.4 Å². The van der Waals surface area contributed by atoms with Gasteiger partial charge in [0.1, 0.15) is 0 Å². The quantitative estimate of drug-likeness (QED) is 0.648. The Morgan fingerprint density at radius 3 is 2.70 bits per heavy atom. The lowest BCUT2D eigenvalue weighted by Crippen LogP contribution is -2.42. The van der Waals surface area contributed by atoms with Gasteiger partial charge in [-0.2, -0.15) is 0 Å². The molecule has 1 aromatic heterocycles. The largest absolute Gasteiger partial charge is 0.356 e. The average Bonchev–Trinajstić information content (AvgIpc) is 3.09. The zero-order chi connectivity index (χ0) is 14.4. The molecule has 1 heterocycles. The van der Waals surface area contributed by atoms with Crippen LogP contribution in [0, 0.1) is 12.3 Å². The molecule has 0 saturated heterocycles. The summed E-state index contributed by atoms with van der Waals surface area (Å²) in [5.41, 5.74) is 3.49. The van der Waals surface area contributed by atoms with Crippen molar-refractivity contribution in [1.82, 2.24) is 15.6 Å². The zero-order valence-corrected chi connectivity index (χ0v) is 13.6. The number of aliphatic imine (C=N–C) groups is 1. The highest BCUT2D eigenvalue weighted by atomic mass is 32.1. The van der Waals surface area contributed by atoms with Crippen molar-refractivity contribution in [3.63, 3.8) is 0 Å². The number of nitrogens with zero attached hydrogens (tertiary/aromatic N) is 2. The van der Waals surface area contributed by atoms with Crippen molar-refractivity contribution >= 4 is 17.3 Å². The summed E-state index contributed by atoms with van der Waals surface area (Å²) in [6.45, 7) is 6.19. The van der Waals surface area contributed by atoms with Gasteiger partial charge in [0.15, 0.2) is 5.96 Å². The van der Waals surface area contributed by atoms with Crippen molar-refractivity contribution in [3.05, 3.63) is 16.1 Å². The summed E-state index contributed by atoms with van der Waals surface area (Å²) < 4.78 is 0. The van der Waals surface area contributed by atoms with E-state index in [-0.39, 0.29) is 0 Å². The van der Waals surface area contributed by atoms with Gasteiger partial charge in [0, 0.05) is 18.5 Å². The third kappa shape index (κ3) is 3.72. The van der Waals surface area contributed by atoms with Gasteiger partial charge in [-0.15, -0.1) is 11.3 Å². The minimum absolute atomic E-state index is 0.484. The van der Waals surface area contributed by atoms with Crippen LogP contribution < -0.4 is 10.6 Å². The van der Waals surface area contributed by atoms with Crippen LogP contribution in [0.25, 0.3) is 0 Å². The van der Waals surface area contributed by atoms with E-state index in [1.165, 1.54) is 37.0 Å². The second-order valence-electron chi connectivity index (χ2n) is 5.70. The molecule has 1 aromatic rings. The van der Waals surface area contributed by atoms with E-state index in [0.717, 1.165) is 24.7 Å². The van der Waals surface area contributed by atoms with E-state index in [1.807, 2.05) is 19.5 Å². The summed E-state index contributed by atoms with van der Waals surface area (Å²) in [5, 5.41) is 6.90. The van der Waals surface area contributed by atoms with Crippen LogP contribution in [0.4, 0.5) is 0 Å². The Balaban J connectivity index is 1.82. The van der Waals surface area contributed by atoms with E-state index in [4.69, 9.17) is 0 Å². The van der Waals surface area contributed by atoms with E-state index in [1.54, 1.807) is 11.3 Å². The molecule has 112 valence electrons. The Morgan fingerprint density at radius 2 is 2.15 bits per heavy atom. The van der Waals surface area contributed by atoms with Crippen molar-refractivity contribution in [1.29, 1.82) is 0 Å². The van der Waals surface area contributed by atoms with E-state index in [2.05, 4.69) is 27.5 Å². The van der Waals surface area contributed by atoms with Crippen LogP contribution in [0.3, 0.4) is 0 Å². The summed E-state index contributed by atoms with van der Waals surface area (Å²) in [7, 11) is 1.84. The van der Waals surface area contributed by atoms with E-state index < -0.39 is 0 Å². The normalized spacial score (nSPS) is 18.2. The van der Waals surface area contributed by atoms with Crippen molar-refractivity contribution < 1.29 is 0 Å². The Bertz CT molecular complexity index is 446. The maximum atomic E-state index is 4.32. The molecule has 2 N–H and O–H groups in total. The molecule has 1 aliphatic carbocycles. The molecule has 0 bridgehead atoms. The average molecular weight is 294 g/mol. The molecule has 0 unspecified atom stereocenters. The number of guanidine groups is 1. The summed E-state index contributed by atoms with van der Waals surface area (Å²) >= 11 is 1.69. The van der Waals surface area contributed by atoms with Gasteiger partial charge in [-0.3, -0.25) is 4.99 Å². The predicted molar refractivity (Wildman–Crippen MR) is 86.2 cm³/mol. The smallest absolute Gasteiger partial charge is 0.191 e. The van der Waals surface area contributed by atoms with Gasteiger partial charge in [0.25, 0.3) is 0 Å². The molecule has 0 amide bonds. The fourth-order valence-electron chi connectivity index (χ4n) is 2.93. The van der Waals surface area contributed by atoms with Crippen molar-refractivity contribution in [3.8, 4) is 0 Å². The Kier molecular flexibility index (Phi) is 5.40. The fourth-order valence-corrected chi connectivity index (χ4v) is 3.65. The van der Waals surface area contributed by atoms with Gasteiger partial charge in [-0.05, 0) is 31.6 Å². The number of aromatic nitrogens is 1. The summed E-state index contributed by atoms with van der Waals surface area (Å²) in [5.74, 6) is 0.900. The maximum Gasteiger partial charge on any atom is 0.191 e. The predicted octanol–water partition coefficient (Wildman–Crippen LogP) is 3.09. The van der Waals surface area contributed by atoms with Gasteiger partial charge < -0.3 is 10.6 Å². The first-order valence-electron chi connectivity index (χ1n) is 7.52. The highest BCUT2D eigenvalue weighted by Crippen LogP contribution is 2.40. The molecule has 0 aliphatic heterocycles. The van der Waals surface area contributed by atoms with Gasteiger partial charge in [0.05, 0.1) is 17.7 Å². The second kappa shape index (κ2) is 7.07. The number of hydrogen-bond donors (Lipinski definition) is 2. The van der Waals surface area contributed by atoms with Crippen molar-refractivity contribution in [2.75, 3.05) is 13.6 Å². The molecular formula is C15H26N4S. The molecule has 0 radical (unpaired) electrons. The number of hydrogen-bond acceptors (Lipinski definition) is 3. The summed E-state index contributed by atoms with van der Waals surface area (Å²) in [4.78, 5) is 9.87. The molecule has 1 saturated carbocycles. The lowest BCUT2D eigenvalue weighted by Gasteiger charge is -2.28. The van der Waals surface area contributed by atoms with Crippen LogP contribution in [-0.4, -0.2) is 24.5 Å². The number of aryl methyl sites for hydroxylation is 1. The lowest BCUT2D eigenvalue weighted by atomic mass is 9.83. The van der Waals surface area contributed by atoms with Crippen LogP contribution in [0.2, 0.25) is 0 Å². The Labute approximate surface area is 126 Å². The van der Waals surface area contributed by atoms with Crippen LogP contribution in [0.15, 0.2) is 10.5 Å². The number of thiazole rings is 1. The van der Waals surface area contributed by atoms with E-state index in [9.17, 15) is 0 Å². The third-order valence-corrected chi connectivity index (χ3v) is 5.46. The van der Waals surface area contributed by atoms with Gasteiger partial charge in [-0.1, -0.05) is 19.8 Å². The summed E-state index contributed by atoms with van der Waals surface area (Å²) in [6, 6.07) is 0. The molecule has 20 heavy (non-hydrogen) atoms. The fraction of sp³-hybridized carbons (Fsp3) is 0.733. The Hall–Kier alpha value is -1.10. The summed E-state index contributed by atoms with van der Waals surface area (Å²) in [6.07, 6.45) is 6.71. The van der Waals surface area contributed by atoms with Crippen LogP contribution in [0.5, 0.6) is 0 Å². The van der Waals surface area contributed by atoms with Crippen LogP contribution in [-0.2, 0) is 6.54 Å². The second-order valence-corrected chi connectivity index (χ2v) is 6.64. The zero-order valence-electron chi connectivity index (χ0n) is 12.8. The molecule has 5 heteroatoms. The molecule has 1 aliphatic rings. The maximum absolute atomic E-state index is 4.32. The van der Waals surface area contributed by atoms with Gasteiger partial charge in [0.2, 0.25) is 0 Å². The van der Waals surface area contributed by atoms with E-state index >= 15 is 0 Å². The first-order chi connectivity index (χ1) is 9.69. The Morgan fingerprint density at radius 1 is 1.40 bits per heavy atom. The minimum atomic E-state index is 0.484. The highest BCUT2D eigenvalue weighted by Gasteiger charge is 2.31. The monoisotopic (exact) mass is 294 g/mol. The molecular weight excluding hydrogens is 268 g/mol. The number of rotatable bonds is 5. The number of nitrogens with one attached hydrogen (secondary N) is 2. The first-order valence-corrected chi connectivity index (χ1v) is 8.40. The first kappa shape index (κ1) is 15.3. The van der Waals surface area contributed by atoms with Crippen molar-refractivity contribution in [2.45, 2.75) is 52.5 Å². The molecule has 0 atom stereocenters. The van der Waals surface area contributed by atoms with Gasteiger partial charge >= 0.3 is 0 Å². The standard InChI is InChI=1S/C15H26N4S/c1-4-15(7-5-6-8-15)10-18-14(16-3)17-9-13-12(2)19-11-20-13/h11H,4-10H2,1-3H3,(H2,16,17,18). The van der Waals surface area contributed by atoms with Crippen LogP contribution in [0.1, 0.15) is 49.6 Å². The molecule has 0 spiro atoms. The molecule has 1 fully saturated rings. The molecule has 0 aromatic carbocycles. The van der Waals surface area contributed by atoms with Crippen LogP contribution >= 0.6 is 11.3 Å². The molecule has 4 nitrogen and oxygen atoms in total. The highest BCUT2D eigenvalue weighted by molar-refractivity contribution is 7.09. The lowest BCUT2D eigenvalue weighted by molar-refractivity contribution is 0.283. The SMILES string of the molecule is CCC1(CNC(=NC)NCc2scnc2C)CCCC1. The van der Waals surface area contributed by atoms with Gasteiger partial charge in [-0.25, -0.2) is 4.98 Å². The topological polar surface area (TPSA) is 49.3 Å². The van der Waals surface area contributed by atoms with E-state index in [0.29, 0.717) is 5.41 Å². The third-order valence-electron chi connectivity index (χ3n) is 4.53.